The summed E-state index contributed by atoms with van der Waals surface area (Å²) in [5, 5.41) is 13.3. The average Bonchev–Trinajstić information content (AvgIpc) is 3.05. The molecule has 0 heterocycles. The lowest BCUT2D eigenvalue weighted by atomic mass is 9.94. The van der Waals surface area contributed by atoms with Crippen LogP contribution in [-0.4, -0.2) is 17.7 Å². The predicted octanol–water partition coefficient (Wildman–Crippen LogP) is 2.69. The molecule has 1 unspecified atom stereocenters. The summed E-state index contributed by atoms with van der Waals surface area (Å²) in [7, 11) is 0. The van der Waals surface area contributed by atoms with Gasteiger partial charge in [-0.25, -0.2) is 8.78 Å². The second-order valence-corrected chi connectivity index (χ2v) is 5.50. The number of rotatable bonds is 4. The van der Waals surface area contributed by atoms with E-state index in [1.165, 1.54) is 13.0 Å². The molecule has 0 aliphatic heterocycles. The Morgan fingerprint density at radius 3 is 2.71 bits per heavy atom. The van der Waals surface area contributed by atoms with E-state index in [4.69, 9.17) is 0 Å². The van der Waals surface area contributed by atoms with Crippen LogP contribution in [0.4, 0.5) is 8.78 Å². The van der Waals surface area contributed by atoms with Crippen LogP contribution in [0.2, 0.25) is 0 Å². The molecule has 2 N–H and O–H groups in total. The molecular formula is C12H14BrF2NO. The van der Waals surface area contributed by atoms with E-state index in [1.807, 2.05) is 0 Å². The van der Waals surface area contributed by atoms with Crippen molar-refractivity contribution in [2.75, 3.05) is 6.54 Å². The number of halogens is 3. The number of hydrogen-bond donors (Lipinski definition) is 2. The van der Waals surface area contributed by atoms with Crippen molar-refractivity contribution in [3.05, 3.63) is 33.8 Å². The highest BCUT2D eigenvalue weighted by Crippen LogP contribution is 2.31. The molecule has 1 aliphatic carbocycles. The van der Waals surface area contributed by atoms with Gasteiger partial charge in [0.05, 0.1) is 10.0 Å². The van der Waals surface area contributed by atoms with E-state index < -0.39 is 17.2 Å². The summed E-state index contributed by atoms with van der Waals surface area (Å²) < 4.78 is 27.6. The van der Waals surface area contributed by atoms with Crippen LogP contribution in [0, 0.1) is 11.6 Å². The van der Waals surface area contributed by atoms with Crippen LogP contribution in [0.5, 0.6) is 0 Å². The van der Waals surface area contributed by atoms with Crippen LogP contribution in [0.3, 0.4) is 0 Å². The Morgan fingerprint density at radius 2 is 2.12 bits per heavy atom. The second-order valence-electron chi connectivity index (χ2n) is 4.65. The first-order valence-electron chi connectivity index (χ1n) is 5.51. The molecule has 2 nitrogen and oxygen atoms in total. The van der Waals surface area contributed by atoms with Gasteiger partial charge in [-0.3, -0.25) is 0 Å². The van der Waals surface area contributed by atoms with Crippen molar-refractivity contribution in [1.29, 1.82) is 0 Å². The Labute approximate surface area is 107 Å². The summed E-state index contributed by atoms with van der Waals surface area (Å²) in [5.41, 5.74) is -1.85. The minimum atomic E-state index is -1.56. The predicted molar refractivity (Wildman–Crippen MR) is 64.7 cm³/mol. The standard InChI is InChI=1S/C12H14BrF2NO/c1-12(17,6-16-7-2-3-7)10-9(14)5-4-8(13)11(10)15/h4-5,7,16-17H,2-3,6H2,1H3. The topological polar surface area (TPSA) is 32.3 Å². The summed E-state index contributed by atoms with van der Waals surface area (Å²) in [6.45, 7) is 1.55. The molecule has 0 saturated heterocycles. The third-order valence-electron chi connectivity index (χ3n) is 2.89. The van der Waals surface area contributed by atoms with E-state index in [0.29, 0.717) is 6.04 Å². The molecule has 1 aromatic rings. The van der Waals surface area contributed by atoms with Crippen LogP contribution < -0.4 is 5.32 Å². The highest BCUT2D eigenvalue weighted by molar-refractivity contribution is 9.10. The van der Waals surface area contributed by atoms with E-state index in [1.54, 1.807) is 0 Å². The molecular weight excluding hydrogens is 292 g/mol. The number of benzene rings is 1. The van der Waals surface area contributed by atoms with Crippen molar-refractivity contribution in [3.8, 4) is 0 Å². The van der Waals surface area contributed by atoms with Gasteiger partial charge in [0.1, 0.15) is 17.2 Å². The fourth-order valence-corrected chi connectivity index (χ4v) is 2.07. The van der Waals surface area contributed by atoms with Gasteiger partial charge in [-0.1, -0.05) is 0 Å². The Hall–Kier alpha value is -0.520. The van der Waals surface area contributed by atoms with Gasteiger partial charge in [-0.05, 0) is 47.8 Å². The van der Waals surface area contributed by atoms with Crippen molar-refractivity contribution in [2.45, 2.75) is 31.4 Å². The van der Waals surface area contributed by atoms with Crippen LogP contribution in [0.15, 0.2) is 16.6 Å². The third kappa shape index (κ3) is 2.84. The maximum atomic E-state index is 13.8. The van der Waals surface area contributed by atoms with E-state index in [0.717, 1.165) is 18.9 Å². The number of nitrogens with one attached hydrogen (secondary N) is 1. The van der Waals surface area contributed by atoms with Crippen LogP contribution in [-0.2, 0) is 5.60 Å². The lowest BCUT2D eigenvalue weighted by Crippen LogP contribution is -2.38. The van der Waals surface area contributed by atoms with Gasteiger partial charge < -0.3 is 10.4 Å². The molecule has 0 amide bonds. The molecule has 1 aliphatic rings. The Balaban J connectivity index is 2.26. The molecule has 0 bridgehead atoms. The molecule has 0 radical (unpaired) electrons. The Morgan fingerprint density at radius 1 is 1.47 bits per heavy atom. The summed E-state index contributed by atoms with van der Waals surface area (Å²) in [4.78, 5) is 0. The zero-order valence-electron chi connectivity index (χ0n) is 9.43. The van der Waals surface area contributed by atoms with Gasteiger partial charge in [0.2, 0.25) is 0 Å². The molecule has 1 fully saturated rings. The zero-order valence-corrected chi connectivity index (χ0v) is 11.0. The minimum Gasteiger partial charge on any atom is -0.384 e. The van der Waals surface area contributed by atoms with E-state index in [-0.39, 0.29) is 16.6 Å². The summed E-state index contributed by atoms with van der Waals surface area (Å²) >= 11 is 2.99. The monoisotopic (exact) mass is 305 g/mol. The quantitative estimate of drug-likeness (QED) is 0.838. The fraction of sp³-hybridized carbons (Fsp3) is 0.500. The fourth-order valence-electron chi connectivity index (χ4n) is 1.74. The van der Waals surface area contributed by atoms with Crippen LogP contribution in [0.1, 0.15) is 25.3 Å². The third-order valence-corrected chi connectivity index (χ3v) is 3.51. The smallest absolute Gasteiger partial charge is 0.146 e. The van der Waals surface area contributed by atoms with Crippen molar-refractivity contribution in [2.24, 2.45) is 0 Å². The molecule has 1 atom stereocenters. The molecule has 0 aromatic heterocycles. The molecule has 0 spiro atoms. The normalized spacial score (nSPS) is 19.1. The van der Waals surface area contributed by atoms with E-state index in [2.05, 4.69) is 21.2 Å². The maximum absolute atomic E-state index is 13.8. The van der Waals surface area contributed by atoms with Gasteiger partial charge in [-0.15, -0.1) is 0 Å². The summed E-state index contributed by atoms with van der Waals surface area (Å²) in [6, 6.07) is 2.81. The molecule has 1 saturated carbocycles. The highest BCUT2D eigenvalue weighted by atomic mass is 79.9. The lowest BCUT2D eigenvalue weighted by molar-refractivity contribution is 0.0487. The van der Waals surface area contributed by atoms with Crippen molar-refractivity contribution >= 4 is 15.9 Å². The van der Waals surface area contributed by atoms with Gasteiger partial charge in [0, 0.05) is 12.6 Å². The Bertz CT molecular complexity index is 433. The minimum absolute atomic E-state index is 0.141. The SMILES string of the molecule is CC(O)(CNC1CC1)c1c(F)ccc(Br)c1F. The molecule has 1 aromatic carbocycles. The van der Waals surface area contributed by atoms with Crippen molar-refractivity contribution in [1.82, 2.24) is 5.32 Å². The first-order valence-corrected chi connectivity index (χ1v) is 6.31. The van der Waals surface area contributed by atoms with Crippen molar-refractivity contribution < 1.29 is 13.9 Å². The summed E-state index contributed by atoms with van der Waals surface area (Å²) in [6.07, 6.45) is 2.11. The first kappa shape index (κ1) is 12.9. The van der Waals surface area contributed by atoms with Crippen LogP contribution >= 0.6 is 15.9 Å². The van der Waals surface area contributed by atoms with Crippen LogP contribution in [0.25, 0.3) is 0 Å². The van der Waals surface area contributed by atoms with Gasteiger partial charge >= 0.3 is 0 Å². The van der Waals surface area contributed by atoms with E-state index in [9.17, 15) is 13.9 Å². The summed E-state index contributed by atoms with van der Waals surface area (Å²) in [5.74, 6) is -1.47. The number of aliphatic hydroxyl groups is 1. The highest BCUT2D eigenvalue weighted by Gasteiger charge is 2.33. The van der Waals surface area contributed by atoms with Gasteiger partial charge in [0.25, 0.3) is 0 Å². The van der Waals surface area contributed by atoms with Crippen molar-refractivity contribution in [3.63, 3.8) is 0 Å². The van der Waals surface area contributed by atoms with Gasteiger partial charge in [-0.2, -0.15) is 0 Å². The number of hydrogen-bond acceptors (Lipinski definition) is 2. The first-order chi connectivity index (χ1) is 7.92. The molecule has 2 rings (SSSR count). The molecule has 17 heavy (non-hydrogen) atoms. The maximum Gasteiger partial charge on any atom is 0.146 e. The van der Waals surface area contributed by atoms with Gasteiger partial charge in [0.15, 0.2) is 0 Å². The van der Waals surface area contributed by atoms with E-state index >= 15 is 0 Å². The Kier molecular flexibility index (Phi) is 3.52. The average molecular weight is 306 g/mol. The zero-order chi connectivity index (χ0) is 12.6. The molecule has 94 valence electrons. The largest absolute Gasteiger partial charge is 0.384 e. The lowest BCUT2D eigenvalue weighted by Gasteiger charge is -2.25. The molecule has 5 heteroatoms. The second kappa shape index (κ2) is 4.63.